The van der Waals surface area contributed by atoms with Crippen LogP contribution in [0.15, 0.2) is 53.4 Å². The predicted octanol–water partition coefficient (Wildman–Crippen LogP) is 4.70. The summed E-state index contributed by atoms with van der Waals surface area (Å²) in [6, 6.07) is 15.4. The second-order valence-electron chi connectivity index (χ2n) is 4.64. The number of nitrogens with zero attached hydrogens (tertiary/aromatic N) is 2. The molecule has 0 radical (unpaired) electrons. The second-order valence-corrected chi connectivity index (χ2v) is 7.07. The maximum atomic E-state index is 12.3. The van der Waals surface area contributed by atoms with Crippen molar-refractivity contribution < 1.29 is 4.79 Å². The summed E-state index contributed by atoms with van der Waals surface area (Å²) in [5.74, 6) is 0.333. The molecule has 0 N–H and O–H groups in total. The Bertz CT molecular complexity index is 786. The highest BCUT2D eigenvalue weighted by Crippen LogP contribution is 2.30. The van der Waals surface area contributed by atoms with Crippen LogP contribution in [0.2, 0.25) is 5.02 Å². The van der Waals surface area contributed by atoms with Gasteiger partial charge in [-0.15, -0.1) is 11.8 Å². The highest BCUT2D eigenvalue weighted by atomic mass is 35.5. The summed E-state index contributed by atoms with van der Waals surface area (Å²) >= 11 is 9.06. The first-order valence-electron chi connectivity index (χ1n) is 6.64. The standard InChI is InChI=1S/C16H13ClN2OS2/c1-19(16-18-12-7-3-5-9-14(12)22-16)15(20)10-21-13-8-4-2-6-11(13)17/h2-9H,10H2,1H3. The van der Waals surface area contributed by atoms with Crippen molar-refractivity contribution in [1.82, 2.24) is 4.98 Å². The Morgan fingerprint density at radius 1 is 1.23 bits per heavy atom. The van der Waals surface area contributed by atoms with Gasteiger partial charge in [-0.2, -0.15) is 0 Å². The van der Waals surface area contributed by atoms with E-state index in [1.807, 2.05) is 48.5 Å². The summed E-state index contributed by atoms with van der Waals surface area (Å²) in [5, 5.41) is 1.38. The fourth-order valence-corrected chi connectivity index (χ4v) is 4.01. The Hall–Kier alpha value is -1.56. The molecule has 0 atom stereocenters. The molecule has 3 rings (SSSR count). The van der Waals surface area contributed by atoms with E-state index in [4.69, 9.17) is 11.6 Å². The number of anilines is 1. The molecule has 1 aromatic heterocycles. The van der Waals surface area contributed by atoms with E-state index < -0.39 is 0 Å². The third-order valence-corrected chi connectivity index (χ3v) is 5.74. The van der Waals surface area contributed by atoms with Crippen molar-refractivity contribution in [3.63, 3.8) is 0 Å². The summed E-state index contributed by atoms with van der Waals surface area (Å²) in [5.41, 5.74) is 0.918. The number of carbonyl (C=O) groups excluding carboxylic acids is 1. The van der Waals surface area contributed by atoms with Gasteiger partial charge in [-0.05, 0) is 24.3 Å². The molecule has 1 amide bonds. The number of thioether (sulfide) groups is 1. The van der Waals surface area contributed by atoms with E-state index in [2.05, 4.69) is 4.98 Å². The molecule has 1 heterocycles. The van der Waals surface area contributed by atoms with Gasteiger partial charge in [-0.3, -0.25) is 9.69 Å². The number of hydrogen-bond acceptors (Lipinski definition) is 4. The van der Waals surface area contributed by atoms with Crippen molar-refractivity contribution in [1.29, 1.82) is 0 Å². The minimum Gasteiger partial charge on any atom is -0.291 e. The molecule has 0 aliphatic carbocycles. The Balaban J connectivity index is 1.70. The Morgan fingerprint density at radius 3 is 2.73 bits per heavy atom. The molecule has 0 fully saturated rings. The van der Waals surface area contributed by atoms with E-state index in [1.54, 1.807) is 11.9 Å². The van der Waals surface area contributed by atoms with Crippen molar-refractivity contribution in [2.75, 3.05) is 17.7 Å². The zero-order chi connectivity index (χ0) is 15.5. The average molecular weight is 349 g/mol. The molecule has 0 saturated heterocycles. The van der Waals surface area contributed by atoms with E-state index in [-0.39, 0.29) is 5.91 Å². The first-order chi connectivity index (χ1) is 10.6. The summed E-state index contributed by atoms with van der Waals surface area (Å²) in [7, 11) is 1.76. The molecule has 6 heteroatoms. The number of carbonyl (C=O) groups is 1. The van der Waals surface area contributed by atoms with Crippen LogP contribution in [0.25, 0.3) is 10.2 Å². The van der Waals surface area contributed by atoms with Gasteiger partial charge in [0.2, 0.25) is 5.91 Å². The van der Waals surface area contributed by atoms with Crippen LogP contribution in [0, 0.1) is 0 Å². The van der Waals surface area contributed by atoms with E-state index in [0.717, 1.165) is 15.1 Å². The fourth-order valence-electron chi connectivity index (χ4n) is 1.91. The van der Waals surface area contributed by atoms with Crippen molar-refractivity contribution in [2.24, 2.45) is 0 Å². The third-order valence-electron chi connectivity index (χ3n) is 3.13. The smallest absolute Gasteiger partial charge is 0.238 e. The summed E-state index contributed by atoms with van der Waals surface area (Å²) < 4.78 is 1.08. The Morgan fingerprint density at radius 2 is 1.95 bits per heavy atom. The third kappa shape index (κ3) is 3.27. The van der Waals surface area contributed by atoms with Crippen LogP contribution in [-0.4, -0.2) is 23.7 Å². The maximum Gasteiger partial charge on any atom is 0.238 e. The Labute approximate surface area is 141 Å². The molecule has 112 valence electrons. The van der Waals surface area contributed by atoms with Crippen LogP contribution in [0.5, 0.6) is 0 Å². The molecule has 2 aromatic carbocycles. The monoisotopic (exact) mass is 348 g/mol. The zero-order valence-electron chi connectivity index (χ0n) is 11.8. The lowest BCUT2D eigenvalue weighted by Gasteiger charge is -2.13. The lowest BCUT2D eigenvalue weighted by atomic mass is 10.3. The van der Waals surface area contributed by atoms with Crippen molar-refractivity contribution in [2.45, 2.75) is 4.90 Å². The molecule has 0 unspecified atom stereocenters. The van der Waals surface area contributed by atoms with E-state index in [0.29, 0.717) is 15.9 Å². The van der Waals surface area contributed by atoms with Crippen molar-refractivity contribution in [3.05, 3.63) is 53.6 Å². The first kappa shape index (κ1) is 15.3. The van der Waals surface area contributed by atoms with Gasteiger partial charge in [0.25, 0.3) is 0 Å². The van der Waals surface area contributed by atoms with Crippen LogP contribution in [0.1, 0.15) is 0 Å². The van der Waals surface area contributed by atoms with Gasteiger partial charge in [0.1, 0.15) is 0 Å². The number of fused-ring (bicyclic) bond motifs is 1. The average Bonchev–Trinajstić information content (AvgIpc) is 2.97. The van der Waals surface area contributed by atoms with Gasteiger partial charge >= 0.3 is 0 Å². The second kappa shape index (κ2) is 6.69. The molecule has 0 saturated carbocycles. The number of halogens is 1. The molecule has 0 spiro atoms. The molecule has 3 aromatic rings. The van der Waals surface area contributed by atoms with Crippen LogP contribution < -0.4 is 4.90 Å². The molecule has 0 aliphatic heterocycles. The van der Waals surface area contributed by atoms with Crippen LogP contribution in [-0.2, 0) is 4.79 Å². The van der Waals surface area contributed by atoms with Gasteiger partial charge in [0.05, 0.1) is 21.0 Å². The SMILES string of the molecule is CN(C(=O)CSc1ccccc1Cl)c1nc2ccccc2s1. The molecule has 0 bridgehead atoms. The zero-order valence-corrected chi connectivity index (χ0v) is 14.2. The number of amides is 1. The van der Waals surface area contributed by atoms with Crippen molar-refractivity contribution >= 4 is 56.0 Å². The predicted molar refractivity (Wildman–Crippen MR) is 95.2 cm³/mol. The maximum absolute atomic E-state index is 12.3. The van der Waals surface area contributed by atoms with Gasteiger partial charge in [-0.1, -0.05) is 47.2 Å². The van der Waals surface area contributed by atoms with Crippen LogP contribution in [0.3, 0.4) is 0 Å². The topological polar surface area (TPSA) is 33.2 Å². The lowest BCUT2D eigenvalue weighted by molar-refractivity contribution is -0.115. The van der Waals surface area contributed by atoms with E-state index >= 15 is 0 Å². The molecule has 3 nitrogen and oxygen atoms in total. The quantitative estimate of drug-likeness (QED) is 0.640. The highest BCUT2D eigenvalue weighted by Gasteiger charge is 2.16. The lowest BCUT2D eigenvalue weighted by Crippen LogP contribution is -2.27. The van der Waals surface area contributed by atoms with Gasteiger partial charge in [0.15, 0.2) is 5.13 Å². The van der Waals surface area contributed by atoms with Gasteiger partial charge in [0, 0.05) is 11.9 Å². The number of hydrogen-bond donors (Lipinski definition) is 0. The summed E-state index contributed by atoms with van der Waals surface area (Å²) in [6.45, 7) is 0. The normalized spacial score (nSPS) is 10.8. The van der Waals surface area contributed by atoms with Crippen LogP contribution in [0.4, 0.5) is 5.13 Å². The van der Waals surface area contributed by atoms with Crippen LogP contribution >= 0.6 is 34.7 Å². The number of aromatic nitrogens is 1. The summed E-state index contributed by atoms with van der Waals surface area (Å²) in [4.78, 5) is 19.3. The number of para-hydroxylation sites is 1. The number of thiazole rings is 1. The number of rotatable bonds is 4. The van der Waals surface area contributed by atoms with Gasteiger partial charge in [-0.25, -0.2) is 4.98 Å². The minimum absolute atomic E-state index is 0.00368. The molecule has 0 aliphatic rings. The molecular weight excluding hydrogens is 336 g/mol. The largest absolute Gasteiger partial charge is 0.291 e. The summed E-state index contributed by atoms with van der Waals surface area (Å²) in [6.07, 6.45) is 0. The molecular formula is C16H13ClN2OS2. The Kier molecular flexibility index (Phi) is 4.66. The van der Waals surface area contributed by atoms with E-state index in [1.165, 1.54) is 23.1 Å². The first-order valence-corrected chi connectivity index (χ1v) is 8.82. The van der Waals surface area contributed by atoms with E-state index in [9.17, 15) is 4.79 Å². The van der Waals surface area contributed by atoms with Gasteiger partial charge < -0.3 is 0 Å². The minimum atomic E-state index is 0.00368. The molecule has 22 heavy (non-hydrogen) atoms. The fraction of sp³-hybridized carbons (Fsp3) is 0.125. The highest BCUT2D eigenvalue weighted by molar-refractivity contribution is 8.00. The van der Waals surface area contributed by atoms with Crippen molar-refractivity contribution in [3.8, 4) is 0 Å². The number of benzene rings is 2.